The van der Waals surface area contributed by atoms with Crippen molar-refractivity contribution in [1.29, 1.82) is 0 Å². The van der Waals surface area contributed by atoms with E-state index in [2.05, 4.69) is 59.3 Å². The molecule has 1 aromatic heterocycles. The van der Waals surface area contributed by atoms with Crippen molar-refractivity contribution < 1.29 is 0 Å². The van der Waals surface area contributed by atoms with E-state index >= 15 is 0 Å². The second kappa shape index (κ2) is 6.89. The first-order valence-corrected chi connectivity index (χ1v) is 9.23. The molecule has 1 saturated carbocycles. The van der Waals surface area contributed by atoms with Crippen molar-refractivity contribution in [2.45, 2.75) is 51.2 Å². The molecule has 130 valence electrons. The number of imidazole rings is 1. The average molecular weight is 334 g/mol. The first kappa shape index (κ1) is 16.2. The molecule has 2 aromatic carbocycles. The molecule has 0 aliphatic heterocycles. The Kier molecular flexibility index (Phi) is 4.45. The van der Waals surface area contributed by atoms with Gasteiger partial charge in [0.05, 0.1) is 17.6 Å². The Morgan fingerprint density at radius 1 is 1.08 bits per heavy atom. The lowest BCUT2D eigenvalue weighted by molar-refractivity contribution is 0.401. The second-order valence-electron chi connectivity index (χ2n) is 7.20. The summed E-state index contributed by atoms with van der Waals surface area (Å²) in [6.07, 6.45) is 4.69. The summed E-state index contributed by atoms with van der Waals surface area (Å²) < 4.78 is 2.28. The lowest BCUT2D eigenvalue weighted by Gasteiger charge is -2.29. The van der Waals surface area contributed by atoms with Crippen LogP contribution >= 0.6 is 0 Å². The molecule has 4 nitrogen and oxygen atoms in total. The molecule has 1 aliphatic carbocycles. The fraction of sp³-hybridized carbons (Fsp3) is 0.381. The van der Waals surface area contributed by atoms with Crippen LogP contribution in [-0.4, -0.2) is 21.6 Å². The van der Waals surface area contributed by atoms with E-state index in [1.54, 1.807) is 0 Å². The molecule has 4 rings (SSSR count). The molecule has 1 heterocycles. The SMILES string of the molecule is Cc1ccc(Cn2c(N[C@H]3CCCC[C@@H]3N)nc3ccccc32)cc1. The van der Waals surface area contributed by atoms with Gasteiger partial charge in [-0.15, -0.1) is 0 Å². The van der Waals surface area contributed by atoms with Crippen LogP contribution < -0.4 is 11.1 Å². The smallest absolute Gasteiger partial charge is 0.204 e. The quantitative estimate of drug-likeness (QED) is 0.756. The number of benzene rings is 2. The fourth-order valence-electron chi connectivity index (χ4n) is 3.73. The number of nitrogens with two attached hydrogens (primary N) is 1. The minimum atomic E-state index is 0.210. The van der Waals surface area contributed by atoms with Gasteiger partial charge in [-0.1, -0.05) is 54.8 Å². The van der Waals surface area contributed by atoms with Crippen molar-refractivity contribution in [3.63, 3.8) is 0 Å². The Morgan fingerprint density at radius 2 is 1.84 bits per heavy atom. The highest BCUT2D eigenvalue weighted by Crippen LogP contribution is 2.25. The number of aromatic nitrogens is 2. The maximum absolute atomic E-state index is 6.34. The standard InChI is InChI=1S/C21H26N4/c1-15-10-12-16(13-11-15)14-25-20-9-5-4-8-19(20)24-21(25)23-18-7-3-2-6-17(18)22/h4-5,8-13,17-18H,2-3,6-7,14,22H2,1H3,(H,23,24)/t17-,18-/m0/s1. The van der Waals surface area contributed by atoms with Gasteiger partial charge >= 0.3 is 0 Å². The molecule has 4 heteroatoms. The summed E-state index contributed by atoms with van der Waals surface area (Å²) in [7, 11) is 0. The Labute approximate surface area is 149 Å². The molecule has 3 aromatic rings. The first-order chi connectivity index (χ1) is 12.2. The van der Waals surface area contributed by atoms with Gasteiger partial charge in [0.2, 0.25) is 5.95 Å². The Balaban J connectivity index is 1.68. The summed E-state index contributed by atoms with van der Waals surface area (Å²) >= 11 is 0. The van der Waals surface area contributed by atoms with Crippen LogP contribution in [0.1, 0.15) is 36.8 Å². The van der Waals surface area contributed by atoms with E-state index in [1.807, 2.05) is 6.07 Å². The maximum atomic E-state index is 6.34. The van der Waals surface area contributed by atoms with Gasteiger partial charge in [0.1, 0.15) is 0 Å². The highest BCUT2D eigenvalue weighted by Gasteiger charge is 2.23. The molecule has 1 aliphatic rings. The zero-order valence-corrected chi connectivity index (χ0v) is 14.8. The lowest BCUT2D eigenvalue weighted by Crippen LogP contribution is -2.43. The summed E-state index contributed by atoms with van der Waals surface area (Å²) in [4.78, 5) is 4.85. The zero-order valence-electron chi connectivity index (χ0n) is 14.8. The molecule has 2 atom stereocenters. The largest absolute Gasteiger partial charge is 0.351 e. The van der Waals surface area contributed by atoms with E-state index in [0.29, 0.717) is 6.04 Å². The number of hydrogen-bond donors (Lipinski definition) is 2. The third-order valence-electron chi connectivity index (χ3n) is 5.25. The molecule has 0 bridgehead atoms. The fourth-order valence-corrected chi connectivity index (χ4v) is 3.73. The maximum Gasteiger partial charge on any atom is 0.204 e. The van der Waals surface area contributed by atoms with E-state index in [4.69, 9.17) is 10.7 Å². The van der Waals surface area contributed by atoms with Gasteiger partial charge in [0, 0.05) is 12.1 Å². The Hall–Kier alpha value is -2.33. The Bertz CT molecular complexity index is 850. The summed E-state index contributed by atoms with van der Waals surface area (Å²) in [5.41, 5.74) is 11.1. The molecular formula is C21H26N4. The van der Waals surface area contributed by atoms with Gasteiger partial charge in [-0.25, -0.2) is 4.98 Å². The van der Waals surface area contributed by atoms with Crippen molar-refractivity contribution in [2.24, 2.45) is 5.73 Å². The van der Waals surface area contributed by atoms with Crippen LogP contribution in [-0.2, 0) is 6.54 Å². The van der Waals surface area contributed by atoms with E-state index in [1.165, 1.54) is 24.0 Å². The van der Waals surface area contributed by atoms with Gasteiger partial charge in [-0.05, 0) is 37.5 Å². The molecular weight excluding hydrogens is 308 g/mol. The van der Waals surface area contributed by atoms with Crippen LogP contribution in [0.2, 0.25) is 0 Å². The highest BCUT2D eigenvalue weighted by molar-refractivity contribution is 5.78. The number of nitrogens with zero attached hydrogens (tertiary/aromatic N) is 2. The number of fused-ring (bicyclic) bond motifs is 1. The second-order valence-corrected chi connectivity index (χ2v) is 7.20. The van der Waals surface area contributed by atoms with E-state index in [-0.39, 0.29) is 6.04 Å². The van der Waals surface area contributed by atoms with Crippen LogP contribution in [0, 0.1) is 6.92 Å². The van der Waals surface area contributed by atoms with Crippen LogP contribution in [0.25, 0.3) is 11.0 Å². The molecule has 0 unspecified atom stereocenters. The molecule has 0 spiro atoms. The number of para-hydroxylation sites is 2. The van der Waals surface area contributed by atoms with E-state index in [0.717, 1.165) is 36.4 Å². The summed E-state index contributed by atoms with van der Waals surface area (Å²) in [6, 6.07) is 17.6. The molecule has 25 heavy (non-hydrogen) atoms. The molecule has 0 saturated heterocycles. The third-order valence-corrected chi connectivity index (χ3v) is 5.25. The Morgan fingerprint density at radius 3 is 2.64 bits per heavy atom. The summed E-state index contributed by atoms with van der Waals surface area (Å²) in [5.74, 6) is 0.934. The number of aryl methyl sites for hydroxylation is 1. The van der Waals surface area contributed by atoms with Crippen molar-refractivity contribution >= 4 is 17.0 Å². The predicted octanol–water partition coefficient (Wildman–Crippen LogP) is 4.07. The topological polar surface area (TPSA) is 55.9 Å². The average Bonchev–Trinajstić information content (AvgIpc) is 2.96. The van der Waals surface area contributed by atoms with Gasteiger partial charge in [0.25, 0.3) is 0 Å². The monoisotopic (exact) mass is 334 g/mol. The predicted molar refractivity (Wildman–Crippen MR) is 104 cm³/mol. The normalized spacial score (nSPS) is 20.7. The van der Waals surface area contributed by atoms with Crippen LogP contribution in [0.5, 0.6) is 0 Å². The van der Waals surface area contributed by atoms with Crippen LogP contribution in [0.4, 0.5) is 5.95 Å². The van der Waals surface area contributed by atoms with Gasteiger partial charge in [0.15, 0.2) is 0 Å². The number of hydrogen-bond acceptors (Lipinski definition) is 3. The van der Waals surface area contributed by atoms with Crippen LogP contribution in [0.15, 0.2) is 48.5 Å². The highest BCUT2D eigenvalue weighted by atomic mass is 15.2. The molecule has 3 N–H and O–H groups in total. The van der Waals surface area contributed by atoms with E-state index in [9.17, 15) is 0 Å². The van der Waals surface area contributed by atoms with Gasteiger partial charge in [-0.2, -0.15) is 0 Å². The van der Waals surface area contributed by atoms with Crippen molar-refractivity contribution in [3.8, 4) is 0 Å². The number of rotatable bonds is 4. The van der Waals surface area contributed by atoms with E-state index < -0.39 is 0 Å². The van der Waals surface area contributed by atoms with Crippen LogP contribution in [0.3, 0.4) is 0 Å². The summed E-state index contributed by atoms with van der Waals surface area (Å²) in [6.45, 7) is 2.93. The molecule has 1 fully saturated rings. The minimum Gasteiger partial charge on any atom is -0.351 e. The first-order valence-electron chi connectivity index (χ1n) is 9.23. The number of nitrogens with one attached hydrogen (secondary N) is 1. The zero-order chi connectivity index (χ0) is 17.2. The van der Waals surface area contributed by atoms with Gasteiger partial charge < -0.3 is 15.6 Å². The lowest BCUT2D eigenvalue weighted by atomic mass is 9.91. The number of anilines is 1. The van der Waals surface area contributed by atoms with Gasteiger partial charge in [-0.3, -0.25) is 0 Å². The molecule has 0 radical (unpaired) electrons. The van der Waals surface area contributed by atoms with Crippen molar-refractivity contribution in [3.05, 3.63) is 59.7 Å². The van der Waals surface area contributed by atoms with Crippen molar-refractivity contribution in [2.75, 3.05) is 5.32 Å². The third kappa shape index (κ3) is 3.40. The molecule has 0 amide bonds. The summed E-state index contributed by atoms with van der Waals surface area (Å²) in [5, 5.41) is 3.65. The minimum absolute atomic E-state index is 0.210. The van der Waals surface area contributed by atoms with Crippen molar-refractivity contribution in [1.82, 2.24) is 9.55 Å².